The maximum atomic E-state index is 9.34. The zero-order valence-corrected chi connectivity index (χ0v) is 15.2. The Kier molecular flexibility index (Phi) is 5.16. The monoisotopic (exact) mass is 355 g/mol. The maximum Gasteiger partial charge on any atom is 0.190 e. The summed E-state index contributed by atoms with van der Waals surface area (Å²) in [6.45, 7) is 4.45. The van der Waals surface area contributed by atoms with Gasteiger partial charge in [-0.25, -0.2) is 9.97 Å². The lowest BCUT2D eigenvalue weighted by Gasteiger charge is -2.15. The predicted octanol–water partition coefficient (Wildman–Crippen LogP) is 3.68. The average Bonchev–Trinajstić information content (AvgIpc) is 3.08. The second-order valence-electron chi connectivity index (χ2n) is 5.99. The van der Waals surface area contributed by atoms with Crippen LogP contribution in [0, 0.1) is 5.92 Å². The first kappa shape index (κ1) is 17.0. The molecule has 1 aliphatic rings. The molecule has 3 rings (SSSR count). The molecule has 0 spiro atoms. The molecule has 23 heavy (non-hydrogen) atoms. The molecule has 2 aromatic rings. The van der Waals surface area contributed by atoms with Crippen molar-refractivity contribution in [3.63, 3.8) is 0 Å². The van der Waals surface area contributed by atoms with Crippen LogP contribution in [0.1, 0.15) is 38.5 Å². The fourth-order valence-corrected chi connectivity index (χ4v) is 4.02. The molecule has 2 aromatic heterocycles. The molecule has 0 radical (unpaired) electrons. The summed E-state index contributed by atoms with van der Waals surface area (Å²) in [6.07, 6.45) is 6.68. The van der Waals surface area contributed by atoms with Crippen molar-refractivity contribution in [2.45, 2.75) is 50.6 Å². The minimum absolute atomic E-state index is 0.0365. The molecule has 0 aromatic carbocycles. The van der Waals surface area contributed by atoms with E-state index < -0.39 is 0 Å². The molecule has 3 heterocycles. The molecule has 0 bridgehead atoms. The van der Waals surface area contributed by atoms with E-state index in [0.717, 1.165) is 29.4 Å². The third-order valence-corrected chi connectivity index (χ3v) is 5.32. The zero-order chi connectivity index (χ0) is 16.6. The van der Waals surface area contributed by atoms with E-state index in [1.54, 1.807) is 0 Å². The van der Waals surface area contributed by atoms with E-state index in [1.807, 2.05) is 12.5 Å². The Morgan fingerprint density at radius 1 is 1.48 bits per heavy atom. The highest BCUT2D eigenvalue weighted by atomic mass is 35.5. The van der Waals surface area contributed by atoms with Crippen molar-refractivity contribution in [1.82, 2.24) is 14.5 Å². The van der Waals surface area contributed by atoms with E-state index in [0.29, 0.717) is 22.6 Å². The lowest BCUT2D eigenvalue weighted by molar-refractivity contribution is -0.00286. The van der Waals surface area contributed by atoms with Gasteiger partial charge in [-0.2, -0.15) is 0 Å². The molecule has 3 atom stereocenters. The lowest BCUT2D eigenvalue weighted by Crippen LogP contribution is -2.12. The summed E-state index contributed by atoms with van der Waals surface area (Å²) < 4.78 is 8.28. The summed E-state index contributed by atoms with van der Waals surface area (Å²) in [6, 6.07) is 0. The SMILES string of the molecule is CCC1OC(n2cc(CCO)c3c(Cl)nc(SC)nc32)CC1C. The Morgan fingerprint density at radius 3 is 2.87 bits per heavy atom. The standard InChI is InChI=1S/C16H22ClN3O2S/c1-4-11-9(2)7-12(22-11)20-8-10(5-6-21)13-14(17)18-16(23-3)19-15(13)20/h8-9,11-12,21H,4-7H2,1-3H3. The first-order valence-electron chi connectivity index (χ1n) is 7.96. The number of hydrogen-bond acceptors (Lipinski definition) is 5. The molecule has 0 amide bonds. The first-order valence-corrected chi connectivity index (χ1v) is 9.56. The van der Waals surface area contributed by atoms with Crippen LogP contribution in [0.2, 0.25) is 5.15 Å². The molecule has 3 unspecified atom stereocenters. The molecule has 1 fully saturated rings. The van der Waals surface area contributed by atoms with Crippen molar-refractivity contribution >= 4 is 34.4 Å². The fraction of sp³-hybridized carbons (Fsp3) is 0.625. The van der Waals surface area contributed by atoms with Crippen LogP contribution in [0.25, 0.3) is 11.0 Å². The van der Waals surface area contributed by atoms with Crippen LogP contribution in [0.4, 0.5) is 0 Å². The summed E-state index contributed by atoms with van der Waals surface area (Å²) in [5.74, 6) is 0.515. The quantitative estimate of drug-likeness (QED) is 0.503. The first-order chi connectivity index (χ1) is 11.1. The highest BCUT2D eigenvalue weighted by molar-refractivity contribution is 7.98. The van der Waals surface area contributed by atoms with E-state index in [4.69, 9.17) is 16.3 Å². The van der Waals surface area contributed by atoms with Gasteiger partial charge in [-0.15, -0.1) is 0 Å². The molecule has 7 heteroatoms. The van der Waals surface area contributed by atoms with Gasteiger partial charge < -0.3 is 14.4 Å². The molecule has 1 N–H and O–H groups in total. The number of thioether (sulfide) groups is 1. The van der Waals surface area contributed by atoms with Gasteiger partial charge in [-0.3, -0.25) is 0 Å². The van der Waals surface area contributed by atoms with Gasteiger partial charge in [-0.1, -0.05) is 37.2 Å². The molecule has 5 nitrogen and oxygen atoms in total. The lowest BCUT2D eigenvalue weighted by atomic mass is 10.0. The van der Waals surface area contributed by atoms with Crippen molar-refractivity contribution in [3.8, 4) is 0 Å². The number of rotatable bonds is 5. The highest BCUT2D eigenvalue weighted by Crippen LogP contribution is 2.38. The summed E-state index contributed by atoms with van der Waals surface area (Å²) in [5, 5.41) is 11.3. The largest absolute Gasteiger partial charge is 0.396 e. The minimum Gasteiger partial charge on any atom is -0.396 e. The zero-order valence-electron chi connectivity index (χ0n) is 13.6. The van der Waals surface area contributed by atoms with E-state index in [2.05, 4.69) is 28.4 Å². The molecular weight excluding hydrogens is 334 g/mol. The number of nitrogens with zero attached hydrogens (tertiary/aromatic N) is 3. The van der Waals surface area contributed by atoms with Crippen LogP contribution in [0.15, 0.2) is 11.4 Å². The topological polar surface area (TPSA) is 60.2 Å². The Morgan fingerprint density at radius 2 is 2.26 bits per heavy atom. The summed E-state index contributed by atoms with van der Waals surface area (Å²) in [5.41, 5.74) is 1.77. The van der Waals surface area contributed by atoms with Gasteiger partial charge in [0.05, 0.1) is 11.5 Å². The van der Waals surface area contributed by atoms with Crippen molar-refractivity contribution < 1.29 is 9.84 Å². The second-order valence-corrected chi connectivity index (χ2v) is 7.12. The number of hydrogen-bond donors (Lipinski definition) is 1. The van der Waals surface area contributed by atoms with Gasteiger partial charge in [0.15, 0.2) is 5.16 Å². The molecule has 1 saturated heterocycles. The highest BCUT2D eigenvalue weighted by Gasteiger charge is 2.33. The summed E-state index contributed by atoms with van der Waals surface area (Å²) in [7, 11) is 0. The van der Waals surface area contributed by atoms with Gasteiger partial charge in [0.25, 0.3) is 0 Å². The van der Waals surface area contributed by atoms with E-state index in [-0.39, 0.29) is 18.9 Å². The Hall–Kier alpha value is -0.820. The second kappa shape index (κ2) is 6.97. The molecule has 126 valence electrons. The van der Waals surface area contributed by atoms with Gasteiger partial charge in [0.2, 0.25) is 0 Å². The minimum atomic E-state index is -0.0365. The maximum absolute atomic E-state index is 9.34. The van der Waals surface area contributed by atoms with Gasteiger partial charge in [0, 0.05) is 12.8 Å². The van der Waals surface area contributed by atoms with E-state index in [9.17, 15) is 5.11 Å². The predicted molar refractivity (Wildman–Crippen MR) is 93.1 cm³/mol. The van der Waals surface area contributed by atoms with Crippen LogP contribution in [-0.4, -0.2) is 38.6 Å². The van der Waals surface area contributed by atoms with Crippen molar-refractivity contribution in [3.05, 3.63) is 16.9 Å². The summed E-state index contributed by atoms with van der Waals surface area (Å²) >= 11 is 7.85. The summed E-state index contributed by atoms with van der Waals surface area (Å²) in [4.78, 5) is 8.98. The number of fused-ring (bicyclic) bond motifs is 1. The molecular formula is C16H22ClN3O2S. The van der Waals surface area contributed by atoms with Crippen LogP contribution < -0.4 is 0 Å². The van der Waals surface area contributed by atoms with Crippen LogP contribution in [0.3, 0.4) is 0 Å². The number of aromatic nitrogens is 3. The van der Waals surface area contributed by atoms with Crippen LogP contribution in [-0.2, 0) is 11.2 Å². The van der Waals surface area contributed by atoms with Gasteiger partial charge in [0.1, 0.15) is 17.0 Å². The van der Waals surface area contributed by atoms with E-state index in [1.165, 1.54) is 11.8 Å². The van der Waals surface area contributed by atoms with E-state index >= 15 is 0 Å². The Labute approximate surface area is 145 Å². The third-order valence-electron chi connectivity index (χ3n) is 4.50. The van der Waals surface area contributed by atoms with Gasteiger partial charge >= 0.3 is 0 Å². The Balaban J connectivity index is 2.11. The third kappa shape index (κ3) is 3.09. The van der Waals surface area contributed by atoms with Crippen LogP contribution >= 0.6 is 23.4 Å². The number of aliphatic hydroxyl groups excluding tert-OH is 1. The normalized spacial score (nSPS) is 24.7. The smallest absolute Gasteiger partial charge is 0.190 e. The molecule has 0 aliphatic carbocycles. The van der Waals surface area contributed by atoms with Crippen molar-refractivity contribution in [1.29, 1.82) is 0 Å². The Bertz CT molecular complexity index is 706. The average molecular weight is 356 g/mol. The number of aliphatic hydroxyl groups is 1. The van der Waals surface area contributed by atoms with Crippen molar-refractivity contribution in [2.24, 2.45) is 5.92 Å². The molecule has 1 aliphatic heterocycles. The number of halogens is 1. The molecule has 0 saturated carbocycles. The fourth-order valence-electron chi connectivity index (χ4n) is 3.32. The van der Waals surface area contributed by atoms with Crippen LogP contribution in [0.5, 0.6) is 0 Å². The number of ether oxygens (including phenoxy) is 1. The van der Waals surface area contributed by atoms with Crippen molar-refractivity contribution in [2.75, 3.05) is 12.9 Å². The van der Waals surface area contributed by atoms with Gasteiger partial charge in [-0.05, 0) is 37.0 Å².